The molecule has 30 heteroatoms. The van der Waals surface area contributed by atoms with Crippen LogP contribution in [0.2, 0.25) is 0 Å². The molecule has 0 radical (unpaired) electrons. The summed E-state index contributed by atoms with van der Waals surface area (Å²) in [5, 5.41) is 33.0. The van der Waals surface area contributed by atoms with Crippen molar-refractivity contribution in [3.8, 4) is 5.75 Å². The highest BCUT2D eigenvalue weighted by atomic mass is 32.1. The number of nitrogens with zero attached hydrogens (tertiary/aromatic N) is 2. The first kappa shape index (κ1) is 73.6. The van der Waals surface area contributed by atoms with Gasteiger partial charge in [-0.25, -0.2) is 0 Å². The van der Waals surface area contributed by atoms with E-state index in [0.29, 0.717) is 43.4 Å². The van der Waals surface area contributed by atoms with Crippen LogP contribution in [-0.2, 0) is 65.6 Å². The number of rotatable bonds is 38. The molecule has 482 valence electrons. The molecule has 1 saturated heterocycles. The van der Waals surface area contributed by atoms with Crippen LogP contribution in [0.3, 0.4) is 0 Å². The number of amides is 11. The van der Waals surface area contributed by atoms with Crippen LogP contribution in [-0.4, -0.2) is 180 Å². The number of aromatic hydroxyl groups is 1. The van der Waals surface area contributed by atoms with Crippen LogP contribution in [0.25, 0.3) is 0 Å². The monoisotopic (exact) mass is 1250 g/mol. The molecule has 1 aliphatic rings. The zero-order chi connectivity index (χ0) is 64.8. The van der Waals surface area contributed by atoms with Crippen molar-refractivity contribution in [1.29, 1.82) is 0 Å². The lowest BCUT2D eigenvalue weighted by molar-refractivity contribution is -0.142. The number of aliphatic imine (C=N–C) groups is 1. The number of guanidine groups is 1. The summed E-state index contributed by atoms with van der Waals surface area (Å²) in [7, 11) is 0. The van der Waals surface area contributed by atoms with Crippen molar-refractivity contribution >= 4 is 96.2 Å². The average molecular weight is 1260 g/mol. The molecule has 1 fully saturated rings. The van der Waals surface area contributed by atoms with E-state index < -0.39 is 138 Å². The molecule has 11 amide bonds. The number of phenolic OH excluding ortho intramolecular Hbond substituents is 1. The number of hydrogen-bond acceptors (Lipinski definition) is 17. The molecule has 87 heavy (non-hydrogen) atoms. The summed E-state index contributed by atoms with van der Waals surface area (Å²) in [5.41, 5.74) is 29.6. The van der Waals surface area contributed by atoms with Gasteiger partial charge >= 0.3 is 0 Å². The Labute approximate surface area is 518 Å². The van der Waals surface area contributed by atoms with Crippen LogP contribution >= 0.6 is 25.3 Å². The maximum Gasteiger partial charge on any atom is 0.246 e. The molecule has 0 saturated carbocycles. The minimum atomic E-state index is -1.41. The molecule has 10 atom stereocenters. The van der Waals surface area contributed by atoms with Crippen molar-refractivity contribution in [2.75, 3.05) is 44.2 Å². The maximum atomic E-state index is 14.3. The summed E-state index contributed by atoms with van der Waals surface area (Å²) in [5.74, 6) is -9.53. The molecule has 2 aromatic rings. The SMILES string of the molecule is CC[C@H](C)[C@H](NC(=O)[C@H](CCCN=C(N)N)NC(=O)[C@H](CS)NC(=O)[C@H](CC(C)C)NC(=O)[C@H](Cc1ccccc1)NC(=O)CNC(=O)CNC(=O)[C@@H](N)Cc1ccc(O)cc1)C(=O)N[C@@H](CS)C(=O)N1CCC[C@H]1C(=O)N[C@@H](CCCCN)C(N)=O. The summed E-state index contributed by atoms with van der Waals surface area (Å²) in [6, 6.07) is 3.91. The van der Waals surface area contributed by atoms with E-state index in [4.69, 9.17) is 28.7 Å². The number of nitrogens with two attached hydrogens (primary N) is 5. The first-order valence-electron chi connectivity index (χ1n) is 29.1. The maximum absolute atomic E-state index is 14.3. The Balaban J connectivity index is 1.76. The van der Waals surface area contributed by atoms with Crippen molar-refractivity contribution in [2.24, 2.45) is 45.5 Å². The molecule has 28 nitrogen and oxygen atoms in total. The number of phenols is 1. The van der Waals surface area contributed by atoms with Gasteiger partial charge in [0.05, 0.1) is 19.1 Å². The van der Waals surface area contributed by atoms with Crippen LogP contribution in [0.1, 0.15) is 96.6 Å². The van der Waals surface area contributed by atoms with E-state index in [0.717, 1.165) is 0 Å². The van der Waals surface area contributed by atoms with Gasteiger partial charge in [0.1, 0.15) is 54.1 Å². The number of carbonyl (C=O) groups is 11. The summed E-state index contributed by atoms with van der Waals surface area (Å²) in [6.45, 7) is 6.55. The standard InChI is InChI=1S/C57H90N16O12S2/c1-5-33(4)47(55(84)71-43(31-87)56(85)73-24-12-17-44(73)54(83)67-38(48(60)77)15-9-10-22-58)72-50(79)39(16-11-23-63-57(61)62)68-53(82)42(30-86)70-51(80)40(25-32(2)3)69-52(81)41(27-34-13-7-6-8-14-34)66-46(76)29-64-45(75)28-65-49(78)37(59)26-35-18-20-36(74)21-19-35/h6-8,13-14,18-21,32-33,37-44,47,74,86-87H,5,9-12,15-17,22-31,58-59H2,1-4H3,(H2,60,77)(H,64,75)(H,65,78)(H,66,76)(H,67,83)(H,68,82)(H,69,81)(H,70,80)(H,71,84)(H,72,79)(H4,61,62,63)/t33-,37-,38-,39-,40-,41-,42-,43-,44-,47-/m0/s1. The Bertz CT molecular complexity index is 2650. The van der Waals surface area contributed by atoms with Crippen LogP contribution in [0.5, 0.6) is 5.75 Å². The lowest BCUT2D eigenvalue weighted by Crippen LogP contribution is -2.61. The summed E-state index contributed by atoms with van der Waals surface area (Å²) in [4.78, 5) is 155. The van der Waals surface area contributed by atoms with Crippen molar-refractivity contribution in [1.82, 2.24) is 52.8 Å². The van der Waals surface area contributed by atoms with Gasteiger partial charge in [-0.3, -0.25) is 57.7 Å². The highest BCUT2D eigenvalue weighted by Crippen LogP contribution is 2.21. The fourth-order valence-electron chi connectivity index (χ4n) is 9.26. The second kappa shape index (κ2) is 38.5. The molecule has 0 aromatic heterocycles. The van der Waals surface area contributed by atoms with E-state index in [1.54, 1.807) is 70.2 Å². The third-order valence-electron chi connectivity index (χ3n) is 14.3. The van der Waals surface area contributed by atoms with Crippen molar-refractivity contribution in [2.45, 2.75) is 153 Å². The van der Waals surface area contributed by atoms with E-state index in [9.17, 15) is 57.8 Å². The van der Waals surface area contributed by atoms with Crippen LogP contribution in [0, 0.1) is 11.8 Å². The second-order valence-electron chi connectivity index (χ2n) is 21.8. The van der Waals surface area contributed by atoms with Gasteiger partial charge in [0.25, 0.3) is 0 Å². The predicted octanol–water partition coefficient (Wildman–Crippen LogP) is -3.26. The van der Waals surface area contributed by atoms with Gasteiger partial charge in [0, 0.05) is 31.0 Å². The van der Waals surface area contributed by atoms with E-state index in [-0.39, 0.29) is 87.2 Å². The second-order valence-corrected chi connectivity index (χ2v) is 22.5. The number of hydrogen-bond donors (Lipinski definition) is 17. The molecule has 0 spiro atoms. The molecular weight excluding hydrogens is 1160 g/mol. The number of likely N-dealkylation sites (tertiary alicyclic amines) is 1. The Morgan fingerprint density at radius 1 is 0.632 bits per heavy atom. The Hall–Kier alpha value is -7.70. The van der Waals surface area contributed by atoms with Gasteiger partial charge in [-0.1, -0.05) is 76.6 Å². The Kier molecular flexibility index (Phi) is 32.5. The average Bonchev–Trinajstić information content (AvgIpc) is 3.43. The minimum Gasteiger partial charge on any atom is -0.508 e. The number of nitrogens with one attached hydrogen (secondary N) is 9. The number of carbonyl (C=O) groups excluding carboxylic acids is 11. The quantitative estimate of drug-likeness (QED) is 0.0136. The first-order chi connectivity index (χ1) is 41.3. The minimum absolute atomic E-state index is 0.0411. The zero-order valence-electron chi connectivity index (χ0n) is 49.9. The molecule has 1 aliphatic heterocycles. The van der Waals surface area contributed by atoms with Gasteiger partial charge < -0.3 is 86.5 Å². The normalized spacial score (nSPS) is 15.9. The number of thiol groups is 2. The third-order valence-corrected chi connectivity index (χ3v) is 15.0. The first-order valence-corrected chi connectivity index (χ1v) is 30.4. The highest BCUT2D eigenvalue weighted by Gasteiger charge is 2.40. The molecule has 1 heterocycles. The van der Waals surface area contributed by atoms with Crippen LogP contribution < -0.4 is 76.5 Å². The molecule has 0 bridgehead atoms. The number of unbranched alkanes of at least 4 members (excludes halogenated alkanes) is 1. The molecular formula is C57H90N16O12S2. The number of benzene rings is 2. The Morgan fingerprint density at radius 2 is 1.21 bits per heavy atom. The topological polar surface area (TPSA) is 462 Å². The zero-order valence-corrected chi connectivity index (χ0v) is 51.7. The van der Waals surface area contributed by atoms with Crippen molar-refractivity contribution < 1.29 is 57.8 Å². The predicted molar refractivity (Wildman–Crippen MR) is 333 cm³/mol. The lowest BCUT2D eigenvalue weighted by Gasteiger charge is -2.31. The van der Waals surface area contributed by atoms with E-state index >= 15 is 0 Å². The largest absolute Gasteiger partial charge is 0.508 e. The molecule has 20 N–H and O–H groups in total. The lowest BCUT2D eigenvalue weighted by atomic mass is 9.97. The number of primary amides is 1. The molecule has 0 unspecified atom stereocenters. The molecule has 3 rings (SSSR count). The summed E-state index contributed by atoms with van der Waals surface area (Å²) in [6.07, 6.45) is 2.72. The van der Waals surface area contributed by atoms with Gasteiger partial charge in [-0.15, -0.1) is 0 Å². The van der Waals surface area contributed by atoms with E-state index in [1.807, 2.05) is 0 Å². The van der Waals surface area contributed by atoms with Gasteiger partial charge in [0.2, 0.25) is 65.0 Å². The molecule has 0 aliphatic carbocycles. The summed E-state index contributed by atoms with van der Waals surface area (Å²) < 4.78 is 0. The Morgan fingerprint density at radius 3 is 1.82 bits per heavy atom. The van der Waals surface area contributed by atoms with Crippen LogP contribution in [0.4, 0.5) is 0 Å². The van der Waals surface area contributed by atoms with Crippen molar-refractivity contribution in [3.05, 3.63) is 65.7 Å². The van der Waals surface area contributed by atoms with Crippen molar-refractivity contribution in [3.63, 3.8) is 0 Å². The smallest absolute Gasteiger partial charge is 0.246 e. The third kappa shape index (κ3) is 26.0. The van der Waals surface area contributed by atoms with E-state index in [2.05, 4.69) is 78.1 Å². The van der Waals surface area contributed by atoms with Gasteiger partial charge in [-0.05, 0) is 99.4 Å². The van der Waals surface area contributed by atoms with Gasteiger partial charge in [0.15, 0.2) is 5.96 Å². The molecule has 2 aromatic carbocycles. The fraction of sp³-hybridized carbons (Fsp3) is 0.579. The van der Waals surface area contributed by atoms with Crippen LogP contribution in [0.15, 0.2) is 59.6 Å². The highest BCUT2D eigenvalue weighted by molar-refractivity contribution is 7.80. The summed E-state index contributed by atoms with van der Waals surface area (Å²) >= 11 is 8.70. The van der Waals surface area contributed by atoms with E-state index in [1.165, 1.54) is 17.0 Å². The fourth-order valence-corrected chi connectivity index (χ4v) is 9.77. The van der Waals surface area contributed by atoms with Gasteiger partial charge in [-0.2, -0.15) is 25.3 Å².